The maximum absolute atomic E-state index is 6.40. The summed E-state index contributed by atoms with van der Waals surface area (Å²) in [6, 6.07) is 48.2. The van der Waals surface area contributed by atoms with E-state index in [0.29, 0.717) is 11.5 Å². The molecule has 6 nitrogen and oxygen atoms in total. The first kappa shape index (κ1) is 28.8. The summed E-state index contributed by atoms with van der Waals surface area (Å²) in [5.74, 6) is 2.00. The molecular weight excluding hydrogens is 740 g/mol. The Labute approximate surface area is 276 Å². The molecule has 7 aromatic rings. The summed E-state index contributed by atoms with van der Waals surface area (Å²) in [6.07, 6.45) is 1.86. The predicted octanol–water partition coefficient (Wildman–Crippen LogP) is 9.44. The molecule has 224 valence electrons. The van der Waals surface area contributed by atoms with Crippen molar-refractivity contribution in [2.24, 2.45) is 0 Å². The van der Waals surface area contributed by atoms with E-state index < -0.39 is 0 Å². The molecule has 1 aliphatic heterocycles. The number of ether oxygens (including phenoxy) is 1. The first-order valence-corrected chi connectivity index (χ1v) is 14.7. The molecule has 7 heteroatoms. The minimum Gasteiger partial charge on any atom is -0.509 e. The average Bonchev–Trinajstić information content (AvgIpc) is 3.62. The Hall–Kier alpha value is -4.90. The Morgan fingerprint density at radius 1 is 0.689 bits per heavy atom. The van der Waals surface area contributed by atoms with Gasteiger partial charge in [0.05, 0.1) is 6.04 Å². The van der Waals surface area contributed by atoms with Crippen molar-refractivity contribution >= 4 is 38.9 Å². The van der Waals surface area contributed by atoms with Crippen LogP contribution in [0.15, 0.2) is 128 Å². The van der Waals surface area contributed by atoms with Crippen LogP contribution in [0.1, 0.15) is 13.8 Å². The molecule has 0 amide bonds. The molecule has 8 rings (SSSR count). The van der Waals surface area contributed by atoms with E-state index in [-0.39, 0.29) is 27.1 Å². The predicted molar refractivity (Wildman–Crippen MR) is 176 cm³/mol. The van der Waals surface area contributed by atoms with Crippen molar-refractivity contribution in [1.29, 1.82) is 0 Å². The van der Waals surface area contributed by atoms with Crippen molar-refractivity contribution in [2.75, 3.05) is 10.1 Å². The van der Waals surface area contributed by atoms with Crippen LogP contribution in [0.2, 0.25) is 0 Å². The molecule has 2 aromatic heterocycles. The summed E-state index contributed by atoms with van der Waals surface area (Å²) in [6.45, 7) is 4.26. The fourth-order valence-electron chi connectivity index (χ4n) is 5.85. The second kappa shape index (κ2) is 11.9. The molecule has 0 radical (unpaired) electrons. The number of hydroxylamine groups is 1. The monoisotopic (exact) mass is 768 g/mol. The van der Waals surface area contributed by atoms with E-state index in [1.165, 1.54) is 0 Å². The number of anilines is 3. The van der Waals surface area contributed by atoms with Gasteiger partial charge in [0, 0.05) is 50.0 Å². The molecule has 3 heterocycles. The first-order chi connectivity index (χ1) is 21.6. The van der Waals surface area contributed by atoms with Crippen molar-refractivity contribution in [3.63, 3.8) is 0 Å². The van der Waals surface area contributed by atoms with E-state index in [4.69, 9.17) is 14.7 Å². The van der Waals surface area contributed by atoms with E-state index in [0.717, 1.165) is 55.8 Å². The summed E-state index contributed by atoms with van der Waals surface area (Å²) < 4.78 is 8.56. The molecule has 45 heavy (non-hydrogen) atoms. The molecular formula is C38H29N4O2Pt-. The number of rotatable bonds is 6. The average molecular weight is 769 g/mol. The smallest absolute Gasteiger partial charge is 0.145 e. The van der Waals surface area contributed by atoms with Crippen molar-refractivity contribution in [1.82, 2.24) is 9.55 Å². The first-order valence-electron chi connectivity index (χ1n) is 14.7. The van der Waals surface area contributed by atoms with Crippen molar-refractivity contribution in [2.45, 2.75) is 19.9 Å². The fraction of sp³-hybridized carbons (Fsp3) is 0.0789. The molecule has 0 unspecified atom stereocenters. The van der Waals surface area contributed by atoms with Gasteiger partial charge in [-0.3, -0.25) is 0 Å². The number of aromatic nitrogens is 2. The van der Waals surface area contributed by atoms with Gasteiger partial charge in [0.25, 0.3) is 0 Å². The quantitative estimate of drug-likeness (QED) is 0.125. The maximum atomic E-state index is 6.40. The zero-order chi connectivity index (χ0) is 29.6. The largest absolute Gasteiger partial charge is 0.509 e. The van der Waals surface area contributed by atoms with Crippen LogP contribution >= 0.6 is 0 Å². The van der Waals surface area contributed by atoms with Gasteiger partial charge in [0.1, 0.15) is 17.2 Å². The van der Waals surface area contributed by atoms with Crippen LogP contribution in [-0.4, -0.2) is 20.5 Å². The number of nitrogens with zero attached hydrogens (tertiary/aromatic N) is 4. The van der Waals surface area contributed by atoms with Crippen molar-refractivity contribution in [3.8, 4) is 28.4 Å². The van der Waals surface area contributed by atoms with E-state index >= 15 is 0 Å². The molecule has 0 spiro atoms. The standard InChI is InChI=1S/C38H28N4O2.Pt/c1-26(2)41-35-17-8-9-18-36(35)42(44-41)29-13-10-14-30(24-29)43-31-19-20-33-32-15-6-7-16-34(32)40(37(33)25-31)38-23-28(21-22-39-38)27-11-4-3-5-12-27;/h3-23,26H,1-2H3;/q-2;/p+1. The number of fused-ring (bicyclic) bond motifs is 4. The molecule has 0 saturated carbocycles. The summed E-state index contributed by atoms with van der Waals surface area (Å²) in [5.41, 5.74) is 7.08. The summed E-state index contributed by atoms with van der Waals surface area (Å²) in [7, 11) is 0. The van der Waals surface area contributed by atoms with Gasteiger partial charge in [-0.2, -0.15) is 17.1 Å². The van der Waals surface area contributed by atoms with Gasteiger partial charge in [0.2, 0.25) is 0 Å². The molecule has 0 saturated heterocycles. The van der Waals surface area contributed by atoms with Crippen LogP contribution in [0.3, 0.4) is 0 Å². The Kier molecular flexibility index (Phi) is 7.62. The summed E-state index contributed by atoms with van der Waals surface area (Å²) >= 11 is 0. The molecule has 1 aliphatic rings. The number of hydrogen-bond donors (Lipinski definition) is 0. The Bertz CT molecular complexity index is 2140. The summed E-state index contributed by atoms with van der Waals surface area (Å²) in [5, 5.41) is 6.16. The van der Waals surface area contributed by atoms with Gasteiger partial charge in [-0.1, -0.05) is 66.2 Å². The van der Waals surface area contributed by atoms with Crippen LogP contribution in [0, 0.1) is 12.1 Å². The molecule has 0 fully saturated rings. The van der Waals surface area contributed by atoms with Gasteiger partial charge in [0.15, 0.2) is 0 Å². The van der Waals surface area contributed by atoms with Crippen LogP contribution in [0.25, 0.3) is 38.8 Å². The van der Waals surface area contributed by atoms with Crippen molar-refractivity contribution in [3.05, 3.63) is 140 Å². The van der Waals surface area contributed by atoms with Crippen LogP contribution in [0.4, 0.5) is 17.1 Å². The van der Waals surface area contributed by atoms with Gasteiger partial charge < -0.3 is 9.30 Å². The zero-order valence-electron chi connectivity index (χ0n) is 24.7. The molecule has 0 bridgehead atoms. The maximum Gasteiger partial charge on any atom is 0.145 e. The third-order valence-corrected chi connectivity index (χ3v) is 7.87. The topological polar surface area (TPSA) is 46.3 Å². The number of hydrogen-bond acceptors (Lipinski definition) is 4. The molecule has 0 aliphatic carbocycles. The fourth-order valence-corrected chi connectivity index (χ4v) is 5.85. The van der Waals surface area contributed by atoms with E-state index in [1.54, 1.807) is 0 Å². The van der Waals surface area contributed by atoms with E-state index in [1.807, 2.05) is 64.9 Å². The Morgan fingerprint density at radius 2 is 1.44 bits per heavy atom. The van der Waals surface area contributed by atoms with Gasteiger partial charge >= 0.3 is 0 Å². The third kappa shape index (κ3) is 5.16. The van der Waals surface area contributed by atoms with Gasteiger partial charge in [-0.05, 0) is 60.7 Å². The minimum atomic E-state index is 0. The van der Waals surface area contributed by atoms with E-state index in [9.17, 15) is 0 Å². The van der Waals surface area contributed by atoms with Crippen LogP contribution in [0.5, 0.6) is 11.5 Å². The minimum absolute atomic E-state index is 0. The number of pyridine rings is 1. The zero-order valence-corrected chi connectivity index (χ0v) is 26.9. The van der Waals surface area contributed by atoms with Crippen LogP contribution < -0.4 is 14.9 Å². The third-order valence-electron chi connectivity index (χ3n) is 7.87. The number of para-hydroxylation sites is 3. The molecule has 5 aromatic carbocycles. The Morgan fingerprint density at radius 3 is 2.29 bits per heavy atom. The van der Waals surface area contributed by atoms with Gasteiger partial charge in [-0.25, -0.2) is 4.98 Å². The second-order valence-corrected chi connectivity index (χ2v) is 11.0. The summed E-state index contributed by atoms with van der Waals surface area (Å²) in [4.78, 5) is 9.66. The van der Waals surface area contributed by atoms with E-state index in [2.05, 4.69) is 103 Å². The second-order valence-electron chi connectivity index (χ2n) is 11.0. The normalized spacial score (nSPS) is 12.5. The SMILES string of the molecule is CC(C)N1[OH+]N(c2[c-]c(Oc3[c-]c4c(cc3)c3ccccc3n4-c3cc(-c4ccccc4)ccn3)ccc2)c2ccccc21.[Pt]. The number of benzene rings is 5. The van der Waals surface area contributed by atoms with Crippen LogP contribution in [-0.2, 0) is 21.1 Å². The van der Waals surface area contributed by atoms with Crippen molar-refractivity contribution < 1.29 is 30.7 Å². The molecule has 1 N–H and O–H groups in total. The van der Waals surface area contributed by atoms with Gasteiger partial charge in [-0.15, -0.1) is 45.8 Å². The molecule has 0 atom stereocenters. The Balaban J connectivity index is 0.00000325.